The van der Waals surface area contributed by atoms with E-state index in [1.807, 2.05) is 0 Å². The quantitative estimate of drug-likeness (QED) is 0.824. The van der Waals surface area contributed by atoms with E-state index in [2.05, 4.69) is 26.1 Å². The summed E-state index contributed by atoms with van der Waals surface area (Å²) < 4.78 is 36.8. The maximum atomic E-state index is 12.3. The van der Waals surface area contributed by atoms with Crippen molar-refractivity contribution in [2.24, 2.45) is 17.1 Å². The van der Waals surface area contributed by atoms with Crippen LogP contribution in [0.2, 0.25) is 0 Å². The lowest BCUT2D eigenvalue weighted by Gasteiger charge is -2.44. The van der Waals surface area contributed by atoms with Gasteiger partial charge in [0.05, 0.1) is 6.54 Å². The molecule has 0 atom stereocenters. The van der Waals surface area contributed by atoms with Gasteiger partial charge in [0, 0.05) is 12.1 Å². The lowest BCUT2D eigenvalue weighted by atomic mass is 9.67. The molecule has 0 aliphatic heterocycles. The molecule has 0 radical (unpaired) electrons. The molecule has 0 bridgehead atoms. The van der Waals surface area contributed by atoms with Crippen LogP contribution in [0.1, 0.15) is 46.5 Å². The molecule has 1 aliphatic rings. The van der Waals surface area contributed by atoms with Gasteiger partial charge in [0.2, 0.25) is 0 Å². The average molecular weight is 266 g/mol. The highest BCUT2D eigenvalue weighted by atomic mass is 19.4. The molecule has 0 amide bonds. The first-order valence-electron chi connectivity index (χ1n) is 6.60. The number of nitrogens with two attached hydrogens (primary N) is 1. The number of halogens is 3. The lowest BCUT2D eigenvalue weighted by molar-refractivity contribution is -0.130. The van der Waals surface area contributed by atoms with Gasteiger partial charge in [0.15, 0.2) is 0 Å². The van der Waals surface area contributed by atoms with Gasteiger partial charge in [-0.05, 0) is 37.0 Å². The maximum Gasteiger partial charge on any atom is 0.401 e. The van der Waals surface area contributed by atoms with Gasteiger partial charge in [-0.2, -0.15) is 13.2 Å². The molecule has 1 aliphatic carbocycles. The molecule has 0 saturated heterocycles. The molecule has 0 aromatic carbocycles. The highest BCUT2D eigenvalue weighted by Gasteiger charge is 2.40. The number of nitrogens with one attached hydrogen (secondary N) is 1. The summed E-state index contributed by atoms with van der Waals surface area (Å²) >= 11 is 0. The van der Waals surface area contributed by atoms with E-state index in [0.717, 1.165) is 25.7 Å². The van der Waals surface area contributed by atoms with Crippen LogP contribution in [0.15, 0.2) is 0 Å². The van der Waals surface area contributed by atoms with E-state index in [4.69, 9.17) is 5.73 Å². The highest BCUT2D eigenvalue weighted by Crippen LogP contribution is 2.41. The molecular formula is C13H25F3N2. The fourth-order valence-corrected chi connectivity index (χ4v) is 2.78. The smallest absolute Gasteiger partial charge is 0.329 e. The van der Waals surface area contributed by atoms with Gasteiger partial charge in [0.1, 0.15) is 0 Å². The molecule has 0 aromatic heterocycles. The van der Waals surface area contributed by atoms with Crippen molar-refractivity contribution in [3.8, 4) is 0 Å². The molecule has 1 saturated carbocycles. The van der Waals surface area contributed by atoms with E-state index in [-0.39, 0.29) is 12.0 Å². The molecule has 1 fully saturated rings. The molecule has 5 heteroatoms. The Balaban J connectivity index is 2.55. The van der Waals surface area contributed by atoms with Crippen molar-refractivity contribution in [3.63, 3.8) is 0 Å². The SMILES string of the molecule is CC(C)(C)C1CCC(CN)(NCC(F)(F)F)CC1. The number of rotatable bonds is 3. The van der Waals surface area contributed by atoms with Crippen LogP contribution < -0.4 is 11.1 Å². The Bertz CT molecular complexity index is 260. The Kier molecular flexibility index (Phi) is 4.70. The second kappa shape index (κ2) is 5.37. The minimum atomic E-state index is -4.16. The van der Waals surface area contributed by atoms with E-state index in [1.54, 1.807) is 0 Å². The van der Waals surface area contributed by atoms with Gasteiger partial charge in [-0.25, -0.2) is 0 Å². The van der Waals surface area contributed by atoms with Crippen molar-refractivity contribution in [2.45, 2.75) is 58.2 Å². The molecule has 108 valence electrons. The Morgan fingerprint density at radius 3 is 2.00 bits per heavy atom. The van der Waals surface area contributed by atoms with E-state index in [0.29, 0.717) is 5.92 Å². The summed E-state index contributed by atoms with van der Waals surface area (Å²) in [6.45, 7) is 5.91. The minimum absolute atomic E-state index is 0.227. The van der Waals surface area contributed by atoms with Crippen LogP contribution in [0.25, 0.3) is 0 Å². The molecule has 0 heterocycles. The van der Waals surface area contributed by atoms with Crippen LogP contribution in [0.4, 0.5) is 13.2 Å². The van der Waals surface area contributed by atoms with Crippen molar-refractivity contribution < 1.29 is 13.2 Å². The zero-order valence-corrected chi connectivity index (χ0v) is 11.5. The van der Waals surface area contributed by atoms with E-state index in [9.17, 15) is 13.2 Å². The van der Waals surface area contributed by atoms with Gasteiger partial charge in [-0.1, -0.05) is 20.8 Å². The largest absolute Gasteiger partial charge is 0.401 e. The summed E-state index contributed by atoms with van der Waals surface area (Å²) in [5.74, 6) is 0.574. The van der Waals surface area contributed by atoms with Crippen LogP contribution in [-0.4, -0.2) is 24.8 Å². The Hall–Kier alpha value is -0.290. The summed E-state index contributed by atoms with van der Waals surface area (Å²) in [6, 6.07) is 0. The second-order valence-corrected chi connectivity index (χ2v) is 6.59. The second-order valence-electron chi connectivity index (χ2n) is 6.59. The van der Waals surface area contributed by atoms with Crippen molar-refractivity contribution in [1.29, 1.82) is 0 Å². The molecule has 0 unspecified atom stereocenters. The monoisotopic (exact) mass is 266 g/mol. The van der Waals surface area contributed by atoms with Gasteiger partial charge in [-0.3, -0.25) is 0 Å². The first kappa shape index (κ1) is 15.8. The Labute approximate surface area is 107 Å². The first-order chi connectivity index (χ1) is 8.08. The molecule has 0 spiro atoms. The number of hydrogen-bond donors (Lipinski definition) is 2. The van der Waals surface area contributed by atoms with Gasteiger partial charge in [0.25, 0.3) is 0 Å². The Morgan fingerprint density at radius 2 is 1.67 bits per heavy atom. The summed E-state index contributed by atoms with van der Waals surface area (Å²) in [7, 11) is 0. The van der Waals surface area contributed by atoms with E-state index in [1.165, 1.54) is 0 Å². The summed E-state index contributed by atoms with van der Waals surface area (Å²) in [4.78, 5) is 0. The van der Waals surface area contributed by atoms with Gasteiger partial charge in [-0.15, -0.1) is 0 Å². The van der Waals surface area contributed by atoms with Gasteiger partial charge < -0.3 is 11.1 Å². The zero-order valence-electron chi connectivity index (χ0n) is 11.5. The summed E-state index contributed by atoms with van der Waals surface area (Å²) in [6.07, 6.45) is -0.788. The first-order valence-corrected chi connectivity index (χ1v) is 6.60. The van der Waals surface area contributed by atoms with Crippen LogP contribution in [0, 0.1) is 11.3 Å². The predicted molar refractivity (Wildman–Crippen MR) is 67.3 cm³/mol. The number of hydrogen-bond acceptors (Lipinski definition) is 2. The van der Waals surface area contributed by atoms with Crippen LogP contribution in [0.5, 0.6) is 0 Å². The van der Waals surface area contributed by atoms with Gasteiger partial charge >= 0.3 is 6.18 Å². The standard InChI is InChI=1S/C13H25F3N2/c1-11(2,3)10-4-6-12(8-17,7-5-10)18-9-13(14,15)16/h10,18H,4-9,17H2,1-3H3. The number of alkyl halides is 3. The molecule has 2 nitrogen and oxygen atoms in total. The third-order valence-corrected chi connectivity index (χ3v) is 4.22. The predicted octanol–water partition coefficient (Wildman–Crippen LogP) is 3.07. The molecule has 3 N–H and O–H groups in total. The van der Waals surface area contributed by atoms with Crippen molar-refractivity contribution >= 4 is 0 Å². The van der Waals surface area contributed by atoms with Crippen LogP contribution in [-0.2, 0) is 0 Å². The van der Waals surface area contributed by atoms with Crippen molar-refractivity contribution in [1.82, 2.24) is 5.32 Å². The molecule has 0 aromatic rings. The van der Waals surface area contributed by atoms with E-state index < -0.39 is 18.3 Å². The summed E-state index contributed by atoms with van der Waals surface area (Å²) in [5.41, 5.74) is 5.40. The lowest BCUT2D eigenvalue weighted by Crippen LogP contribution is -2.56. The van der Waals surface area contributed by atoms with Crippen LogP contribution in [0.3, 0.4) is 0 Å². The van der Waals surface area contributed by atoms with E-state index >= 15 is 0 Å². The molecule has 18 heavy (non-hydrogen) atoms. The zero-order chi connectivity index (χ0) is 14.0. The van der Waals surface area contributed by atoms with Crippen molar-refractivity contribution in [2.75, 3.05) is 13.1 Å². The minimum Gasteiger partial charge on any atom is -0.329 e. The average Bonchev–Trinajstić information content (AvgIpc) is 2.25. The topological polar surface area (TPSA) is 38.0 Å². The molecular weight excluding hydrogens is 241 g/mol. The maximum absolute atomic E-state index is 12.3. The third kappa shape index (κ3) is 4.43. The fourth-order valence-electron chi connectivity index (χ4n) is 2.78. The van der Waals surface area contributed by atoms with Crippen LogP contribution >= 0.6 is 0 Å². The molecule has 1 rings (SSSR count). The fraction of sp³-hybridized carbons (Fsp3) is 1.00. The summed E-state index contributed by atoms with van der Waals surface area (Å²) in [5, 5.41) is 2.65. The highest BCUT2D eigenvalue weighted by molar-refractivity contribution is 4.96. The Morgan fingerprint density at radius 1 is 1.17 bits per heavy atom. The third-order valence-electron chi connectivity index (χ3n) is 4.22. The normalized spacial score (nSPS) is 30.5. The van der Waals surface area contributed by atoms with Crippen molar-refractivity contribution in [3.05, 3.63) is 0 Å².